The van der Waals surface area contributed by atoms with Gasteiger partial charge in [-0.2, -0.15) is 0 Å². The van der Waals surface area contributed by atoms with Crippen molar-refractivity contribution in [1.82, 2.24) is 10.6 Å². The van der Waals surface area contributed by atoms with E-state index in [4.69, 9.17) is 4.74 Å². The third kappa shape index (κ3) is 3.98. The average molecular weight is 254 g/mol. The molecule has 0 aromatic rings. The van der Waals surface area contributed by atoms with Crippen LogP contribution in [-0.4, -0.2) is 37.6 Å². The van der Waals surface area contributed by atoms with Gasteiger partial charge in [0.2, 0.25) is 11.8 Å². The van der Waals surface area contributed by atoms with Crippen molar-refractivity contribution in [1.29, 1.82) is 0 Å². The van der Waals surface area contributed by atoms with Gasteiger partial charge in [0, 0.05) is 26.1 Å². The number of rotatable bonds is 4. The summed E-state index contributed by atoms with van der Waals surface area (Å²) in [5.74, 6) is 0.0513. The maximum absolute atomic E-state index is 11.8. The average Bonchev–Trinajstić information content (AvgIpc) is 2.40. The van der Waals surface area contributed by atoms with E-state index < -0.39 is 0 Å². The fourth-order valence-corrected chi connectivity index (χ4v) is 2.49. The van der Waals surface area contributed by atoms with Crippen LogP contribution in [0.15, 0.2) is 0 Å². The van der Waals surface area contributed by atoms with Gasteiger partial charge in [-0.1, -0.05) is 0 Å². The summed E-state index contributed by atoms with van der Waals surface area (Å²) in [7, 11) is 0. The minimum absolute atomic E-state index is 0.0506. The van der Waals surface area contributed by atoms with Crippen molar-refractivity contribution in [3.8, 4) is 0 Å². The number of amides is 2. The molecule has 5 nitrogen and oxygen atoms in total. The number of piperidine rings is 1. The van der Waals surface area contributed by atoms with Gasteiger partial charge in [0.25, 0.3) is 0 Å². The molecule has 2 heterocycles. The Hall–Kier alpha value is -1.10. The normalized spacial score (nSPS) is 28.6. The van der Waals surface area contributed by atoms with Crippen LogP contribution in [0.4, 0.5) is 0 Å². The van der Waals surface area contributed by atoms with Crippen molar-refractivity contribution in [3.05, 3.63) is 0 Å². The lowest BCUT2D eigenvalue weighted by Crippen LogP contribution is -2.43. The van der Waals surface area contributed by atoms with E-state index in [1.807, 2.05) is 0 Å². The molecule has 2 unspecified atom stereocenters. The first-order valence-corrected chi connectivity index (χ1v) is 6.91. The highest BCUT2D eigenvalue weighted by Gasteiger charge is 2.24. The maximum Gasteiger partial charge on any atom is 0.224 e. The molecule has 0 radical (unpaired) electrons. The molecule has 0 spiro atoms. The third-order valence-corrected chi connectivity index (χ3v) is 3.68. The van der Waals surface area contributed by atoms with Crippen molar-refractivity contribution < 1.29 is 14.3 Å². The quantitative estimate of drug-likeness (QED) is 0.771. The molecule has 2 N–H and O–H groups in total. The van der Waals surface area contributed by atoms with Gasteiger partial charge in [-0.15, -0.1) is 0 Å². The van der Waals surface area contributed by atoms with E-state index in [0.29, 0.717) is 32.0 Å². The lowest BCUT2D eigenvalue weighted by Gasteiger charge is -2.24. The molecule has 0 saturated carbocycles. The first-order chi connectivity index (χ1) is 8.75. The topological polar surface area (TPSA) is 67.4 Å². The van der Waals surface area contributed by atoms with Gasteiger partial charge < -0.3 is 15.4 Å². The van der Waals surface area contributed by atoms with Crippen LogP contribution in [0, 0.1) is 5.92 Å². The third-order valence-electron chi connectivity index (χ3n) is 3.68. The Labute approximate surface area is 108 Å². The summed E-state index contributed by atoms with van der Waals surface area (Å²) in [6.07, 6.45) is 5.82. The fraction of sp³-hybridized carbons (Fsp3) is 0.846. The largest absolute Gasteiger partial charge is 0.378 e. The van der Waals surface area contributed by atoms with E-state index in [0.717, 1.165) is 25.9 Å². The zero-order chi connectivity index (χ0) is 12.8. The molecule has 0 aliphatic carbocycles. The lowest BCUT2D eigenvalue weighted by molar-refractivity contribution is -0.129. The van der Waals surface area contributed by atoms with Crippen LogP contribution in [-0.2, 0) is 14.3 Å². The van der Waals surface area contributed by atoms with Crippen molar-refractivity contribution >= 4 is 11.8 Å². The minimum atomic E-state index is -0.0602. The molecule has 2 aliphatic rings. The van der Waals surface area contributed by atoms with Crippen molar-refractivity contribution in [2.24, 2.45) is 5.92 Å². The van der Waals surface area contributed by atoms with E-state index in [-0.39, 0.29) is 17.7 Å². The monoisotopic (exact) mass is 254 g/mol. The zero-order valence-corrected chi connectivity index (χ0v) is 10.7. The second-order valence-corrected chi connectivity index (χ2v) is 5.11. The van der Waals surface area contributed by atoms with Crippen molar-refractivity contribution in [2.45, 2.75) is 44.6 Å². The lowest BCUT2D eigenvalue weighted by atomic mass is 9.98. The summed E-state index contributed by atoms with van der Waals surface area (Å²) >= 11 is 0. The molecular formula is C13H22N2O3. The molecule has 2 amide bonds. The molecule has 0 bridgehead atoms. The van der Waals surface area contributed by atoms with Gasteiger partial charge >= 0.3 is 0 Å². The molecule has 2 aliphatic heterocycles. The molecule has 0 aromatic heterocycles. The van der Waals surface area contributed by atoms with Crippen LogP contribution in [0.1, 0.15) is 38.5 Å². The Bertz CT molecular complexity index is 291. The molecule has 2 atom stereocenters. The van der Waals surface area contributed by atoms with Crippen LogP contribution < -0.4 is 10.6 Å². The first kappa shape index (κ1) is 13.3. The smallest absolute Gasteiger partial charge is 0.224 e. The summed E-state index contributed by atoms with van der Waals surface area (Å²) in [6, 6.07) is 0. The van der Waals surface area contributed by atoms with Gasteiger partial charge in [0.1, 0.15) is 0 Å². The standard InChI is InChI=1S/C13H22N2O3/c16-12-5-4-10(9-15-12)13(17)14-7-6-11-3-1-2-8-18-11/h10-11H,1-9H2,(H,14,17)(H,15,16). The van der Waals surface area contributed by atoms with Crippen LogP contribution in [0.2, 0.25) is 0 Å². The highest BCUT2D eigenvalue weighted by atomic mass is 16.5. The highest BCUT2D eigenvalue weighted by Crippen LogP contribution is 2.15. The summed E-state index contributed by atoms with van der Waals surface area (Å²) < 4.78 is 5.61. The van der Waals surface area contributed by atoms with Crippen LogP contribution >= 0.6 is 0 Å². The van der Waals surface area contributed by atoms with Crippen LogP contribution in [0.25, 0.3) is 0 Å². The molecule has 18 heavy (non-hydrogen) atoms. The Morgan fingerprint density at radius 2 is 2.28 bits per heavy atom. The molecule has 2 fully saturated rings. The molecule has 102 valence electrons. The Morgan fingerprint density at radius 3 is 2.94 bits per heavy atom. The zero-order valence-electron chi connectivity index (χ0n) is 10.7. The molecule has 2 saturated heterocycles. The predicted octanol–water partition coefficient (Wildman–Crippen LogP) is 0.588. The van der Waals surface area contributed by atoms with E-state index in [2.05, 4.69) is 10.6 Å². The molecule has 5 heteroatoms. The van der Waals surface area contributed by atoms with E-state index >= 15 is 0 Å². The van der Waals surface area contributed by atoms with Crippen LogP contribution in [0.3, 0.4) is 0 Å². The van der Waals surface area contributed by atoms with Crippen molar-refractivity contribution in [3.63, 3.8) is 0 Å². The number of hydrogen-bond donors (Lipinski definition) is 2. The van der Waals surface area contributed by atoms with Gasteiger partial charge in [-0.3, -0.25) is 9.59 Å². The summed E-state index contributed by atoms with van der Waals surface area (Å²) in [4.78, 5) is 22.8. The number of hydrogen-bond acceptors (Lipinski definition) is 3. The predicted molar refractivity (Wildman–Crippen MR) is 67.0 cm³/mol. The second kappa shape index (κ2) is 6.73. The fourth-order valence-electron chi connectivity index (χ4n) is 2.49. The Balaban J connectivity index is 1.60. The van der Waals surface area contributed by atoms with E-state index in [9.17, 15) is 9.59 Å². The van der Waals surface area contributed by atoms with Gasteiger partial charge in [-0.05, 0) is 32.1 Å². The van der Waals surface area contributed by atoms with Gasteiger partial charge in [-0.25, -0.2) is 0 Å². The van der Waals surface area contributed by atoms with E-state index in [1.54, 1.807) is 0 Å². The number of carbonyl (C=O) groups excluding carboxylic acids is 2. The number of carbonyl (C=O) groups is 2. The molecular weight excluding hydrogens is 232 g/mol. The Kier molecular flexibility index (Phi) is 4.99. The SMILES string of the molecule is O=C1CCC(C(=O)NCCC2CCCCO2)CN1. The summed E-state index contributed by atoms with van der Waals surface area (Å²) in [5.41, 5.74) is 0. The summed E-state index contributed by atoms with van der Waals surface area (Å²) in [6.45, 7) is 2.01. The van der Waals surface area contributed by atoms with Gasteiger partial charge in [0.15, 0.2) is 0 Å². The molecule has 0 aromatic carbocycles. The summed E-state index contributed by atoms with van der Waals surface area (Å²) in [5, 5.41) is 5.67. The van der Waals surface area contributed by atoms with E-state index in [1.165, 1.54) is 6.42 Å². The van der Waals surface area contributed by atoms with Crippen molar-refractivity contribution in [2.75, 3.05) is 19.7 Å². The maximum atomic E-state index is 11.8. The Morgan fingerprint density at radius 1 is 1.39 bits per heavy atom. The van der Waals surface area contributed by atoms with Gasteiger partial charge in [0.05, 0.1) is 12.0 Å². The molecule has 2 rings (SSSR count). The minimum Gasteiger partial charge on any atom is -0.378 e. The second-order valence-electron chi connectivity index (χ2n) is 5.11. The first-order valence-electron chi connectivity index (χ1n) is 6.91. The highest BCUT2D eigenvalue weighted by molar-refractivity contribution is 5.83. The van der Waals surface area contributed by atoms with Crippen LogP contribution in [0.5, 0.6) is 0 Å². The number of nitrogens with one attached hydrogen (secondary N) is 2. The number of ether oxygens (including phenoxy) is 1.